The third kappa shape index (κ3) is 3.60. The molecule has 0 aliphatic carbocycles. The number of amides is 2. The van der Waals surface area contributed by atoms with Crippen molar-refractivity contribution >= 4 is 11.8 Å². The molecule has 2 fully saturated rings. The van der Waals surface area contributed by atoms with Crippen molar-refractivity contribution in [3.8, 4) is 0 Å². The highest BCUT2D eigenvalue weighted by Crippen LogP contribution is 2.31. The summed E-state index contributed by atoms with van der Waals surface area (Å²) in [6.45, 7) is 3.18. The lowest BCUT2D eigenvalue weighted by atomic mass is 9.90. The van der Waals surface area contributed by atoms with Gasteiger partial charge >= 0.3 is 0 Å². The van der Waals surface area contributed by atoms with Crippen molar-refractivity contribution in [1.29, 1.82) is 0 Å². The van der Waals surface area contributed by atoms with Gasteiger partial charge in [0.2, 0.25) is 5.91 Å². The van der Waals surface area contributed by atoms with E-state index in [2.05, 4.69) is 5.10 Å². The second-order valence-electron chi connectivity index (χ2n) is 7.28. The molecule has 1 aromatic rings. The third-order valence-corrected chi connectivity index (χ3v) is 4.97. The summed E-state index contributed by atoms with van der Waals surface area (Å²) < 4.78 is 12.7. The van der Waals surface area contributed by atoms with Gasteiger partial charge in [-0.15, -0.1) is 0 Å². The molecule has 9 nitrogen and oxygen atoms in total. The number of rotatable bonds is 5. The molecule has 2 aliphatic heterocycles. The van der Waals surface area contributed by atoms with Crippen LogP contribution in [0.25, 0.3) is 0 Å². The molecule has 2 aliphatic rings. The van der Waals surface area contributed by atoms with Gasteiger partial charge in [-0.1, -0.05) is 0 Å². The lowest BCUT2D eigenvalue weighted by Crippen LogP contribution is -2.73. The van der Waals surface area contributed by atoms with Crippen LogP contribution in [-0.4, -0.2) is 109 Å². The first-order chi connectivity index (χ1) is 12.3. The molecule has 2 amide bonds. The Labute approximate surface area is 153 Å². The van der Waals surface area contributed by atoms with Crippen LogP contribution in [0.2, 0.25) is 0 Å². The summed E-state index contributed by atoms with van der Waals surface area (Å²) >= 11 is 0. The standard InChI is InChI=1S/C17H27N5O4/c1-19(2)16(24)14-9-26-17(10-20(14)3)11-21(12-17)15(23)13-5-6-22(18-13)7-8-25-4/h5-6,14H,7-12H2,1-4H3/t14-/m1/s1. The fourth-order valence-corrected chi connectivity index (χ4v) is 3.48. The number of likely N-dealkylation sites (N-methyl/N-ethyl adjacent to an activating group) is 2. The first-order valence-corrected chi connectivity index (χ1v) is 8.72. The molecule has 0 saturated carbocycles. The predicted octanol–water partition coefficient (Wildman–Crippen LogP) is -0.857. The molecular formula is C17H27N5O4. The smallest absolute Gasteiger partial charge is 0.274 e. The molecule has 0 unspecified atom stereocenters. The van der Waals surface area contributed by atoms with Crippen molar-refractivity contribution in [2.45, 2.75) is 18.2 Å². The summed E-state index contributed by atoms with van der Waals surface area (Å²) in [5, 5.41) is 4.30. The fraction of sp³-hybridized carbons (Fsp3) is 0.706. The van der Waals surface area contributed by atoms with Gasteiger partial charge in [0.25, 0.3) is 5.91 Å². The van der Waals surface area contributed by atoms with Gasteiger partial charge in [0.05, 0.1) is 32.8 Å². The number of carbonyl (C=O) groups is 2. The van der Waals surface area contributed by atoms with Crippen LogP contribution >= 0.6 is 0 Å². The van der Waals surface area contributed by atoms with Gasteiger partial charge in [0, 0.05) is 33.9 Å². The van der Waals surface area contributed by atoms with E-state index >= 15 is 0 Å². The molecular weight excluding hydrogens is 338 g/mol. The summed E-state index contributed by atoms with van der Waals surface area (Å²) in [6.07, 6.45) is 1.78. The van der Waals surface area contributed by atoms with Crippen LogP contribution in [0.15, 0.2) is 12.3 Å². The molecule has 0 aromatic carbocycles. The van der Waals surface area contributed by atoms with Gasteiger partial charge in [0.15, 0.2) is 0 Å². The zero-order valence-corrected chi connectivity index (χ0v) is 15.8. The van der Waals surface area contributed by atoms with E-state index in [9.17, 15) is 9.59 Å². The molecule has 0 N–H and O–H groups in total. The Balaban J connectivity index is 1.54. The van der Waals surface area contributed by atoms with E-state index in [1.54, 1.807) is 47.9 Å². The van der Waals surface area contributed by atoms with E-state index in [1.807, 2.05) is 11.9 Å². The van der Waals surface area contributed by atoms with Crippen molar-refractivity contribution in [2.24, 2.45) is 0 Å². The average molecular weight is 365 g/mol. The lowest BCUT2D eigenvalue weighted by molar-refractivity contribution is -0.190. The number of hydrogen-bond acceptors (Lipinski definition) is 6. The zero-order chi connectivity index (χ0) is 18.9. The summed E-state index contributed by atoms with van der Waals surface area (Å²) in [7, 11) is 7.05. The van der Waals surface area contributed by atoms with Crippen LogP contribution in [0.5, 0.6) is 0 Å². The fourth-order valence-electron chi connectivity index (χ4n) is 3.48. The van der Waals surface area contributed by atoms with Gasteiger partial charge < -0.3 is 19.3 Å². The maximum Gasteiger partial charge on any atom is 0.274 e. The number of morpholine rings is 1. The highest BCUT2D eigenvalue weighted by atomic mass is 16.5. The monoisotopic (exact) mass is 365 g/mol. The number of aromatic nitrogens is 2. The molecule has 0 bridgehead atoms. The summed E-state index contributed by atoms with van der Waals surface area (Å²) in [4.78, 5) is 30.1. The minimum absolute atomic E-state index is 0.0382. The highest BCUT2D eigenvalue weighted by molar-refractivity contribution is 5.93. The number of nitrogens with zero attached hydrogens (tertiary/aromatic N) is 5. The number of hydrogen-bond donors (Lipinski definition) is 0. The lowest BCUT2D eigenvalue weighted by Gasteiger charge is -2.54. The van der Waals surface area contributed by atoms with Crippen LogP contribution in [0, 0.1) is 0 Å². The van der Waals surface area contributed by atoms with E-state index in [0.717, 1.165) is 0 Å². The van der Waals surface area contributed by atoms with Crippen molar-refractivity contribution in [3.63, 3.8) is 0 Å². The topological polar surface area (TPSA) is 80.1 Å². The zero-order valence-electron chi connectivity index (χ0n) is 15.8. The van der Waals surface area contributed by atoms with Crippen molar-refractivity contribution in [3.05, 3.63) is 18.0 Å². The van der Waals surface area contributed by atoms with Crippen molar-refractivity contribution in [2.75, 3.05) is 61.1 Å². The third-order valence-electron chi connectivity index (χ3n) is 4.97. The highest BCUT2D eigenvalue weighted by Gasteiger charge is 2.51. The summed E-state index contributed by atoms with van der Waals surface area (Å²) in [5.74, 6) is -0.0549. The number of ether oxygens (including phenoxy) is 2. The number of methoxy groups -OCH3 is 1. The van der Waals surface area contributed by atoms with E-state index in [4.69, 9.17) is 9.47 Å². The van der Waals surface area contributed by atoms with E-state index in [-0.39, 0.29) is 23.5 Å². The molecule has 1 atom stereocenters. The van der Waals surface area contributed by atoms with Gasteiger partial charge in [0.1, 0.15) is 17.3 Å². The van der Waals surface area contributed by atoms with E-state index in [0.29, 0.717) is 45.1 Å². The Hall–Kier alpha value is -1.97. The molecule has 1 spiro atoms. The van der Waals surface area contributed by atoms with E-state index < -0.39 is 0 Å². The molecule has 1 aromatic heterocycles. The molecule has 26 heavy (non-hydrogen) atoms. The van der Waals surface area contributed by atoms with Crippen LogP contribution in [0.3, 0.4) is 0 Å². The van der Waals surface area contributed by atoms with Crippen molar-refractivity contribution < 1.29 is 19.1 Å². The second kappa shape index (κ2) is 7.34. The Morgan fingerprint density at radius 2 is 2.12 bits per heavy atom. The molecule has 3 heterocycles. The SMILES string of the molecule is COCCn1ccc(C(=O)N2CC3(C2)CN(C)[C@@H](C(=O)N(C)C)CO3)n1. The molecule has 9 heteroatoms. The van der Waals surface area contributed by atoms with Gasteiger partial charge in [-0.25, -0.2) is 0 Å². The first-order valence-electron chi connectivity index (χ1n) is 8.72. The van der Waals surface area contributed by atoms with Crippen LogP contribution < -0.4 is 0 Å². The van der Waals surface area contributed by atoms with Gasteiger partial charge in [-0.2, -0.15) is 5.10 Å². The van der Waals surface area contributed by atoms with Crippen LogP contribution in [0.4, 0.5) is 0 Å². The maximum absolute atomic E-state index is 12.6. The van der Waals surface area contributed by atoms with E-state index in [1.165, 1.54) is 0 Å². The van der Waals surface area contributed by atoms with Gasteiger partial charge in [-0.05, 0) is 13.1 Å². The largest absolute Gasteiger partial charge is 0.383 e. The molecule has 0 radical (unpaired) electrons. The number of carbonyl (C=O) groups excluding carboxylic acids is 2. The Morgan fingerprint density at radius 3 is 2.73 bits per heavy atom. The normalized spacial score (nSPS) is 22.3. The molecule has 3 rings (SSSR count). The second-order valence-corrected chi connectivity index (χ2v) is 7.28. The summed E-state index contributed by atoms with van der Waals surface area (Å²) in [6, 6.07) is 1.46. The van der Waals surface area contributed by atoms with Crippen molar-refractivity contribution in [1.82, 2.24) is 24.5 Å². The molecule has 2 saturated heterocycles. The average Bonchev–Trinajstić information content (AvgIpc) is 3.05. The Bertz CT molecular complexity index is 668. The number of likely N-dealkylation sites (tertiary alicyclic amines) is 1. The van der Waals surface area contributed by atoms with Crippen LogP contribution in [-0.2, 0) is 20.8 Å². The maximum atomic E-state index is 12.6. The molecule has 144 valence electrons. The minimum atomic E-state index is -0.383. The Kier molecular flexibility index (Phi) is 5.31. The first kappa shape index (κ1) is 18.8. The predicted molar refractivity (Wildman–Crippen MR) is 93.8 cm³/mol. The minimum Gasteiger partial charge on any atom is -0.383 e. The van der Waals surface area contributed by atoms with Crippen LogP contribution in [0.1, 0.15) is 10.5 Å². The quantitative estimate of drug-likeness (QED) is 0.676. The summed E-state index contributed by atoms with van der Waals surface area (Å²) in [5.41, 5.74) is 0.0485. The Morgan fingerprint density at radius 1 is 1.38 bits per heavy atom. The van der Waals surface area contributed by atoms with Gasteiger partial charge in [-0.3, -0.25) is 19.2 Å².